The molecule has 0 atom stereocenters. The standard InChI is InChI=1S/C6H6N4/c1-10-6-5(4-8-10)2-3-7-9-6/h2-4H,1H3. The molecular weight excluding hydrogens is 128 g/mol. The molecule has 0 amide bonds. The Labute approximate surface area is 57.5 Å². The molecule has 0 aliphatic heterocycles. The molecule has 0 unspecified atom stereocenters. The zero-order chi connectivity index (χ0) is 6.97. The number of aryl methyl sites for hydroxylation is 1. The summed E-state index contributed by atoms with van der Waals surface area (Å²) < 4.78 is 1.70. The molecule has 2 rings (SSSR count). The number of hydrogen-bond acceptors (Lipinski definition) is 3. The van der Waals surface area contributed by atoms with Crippen LogP contribution in [0.5, 0.6) is 0 Å². The second kappa shape index (κ2) is 1.76. The maximum Gasteiger partial charge on any atom is 0.180 e. The molecule has 10 heavy (non-hydrogen) atoms. The molecule has 0 spiro atoms. The zero-order valence-corrected chi connectivity index (χ0v) is 5.52. The molecule has 0 saturated carbocycles. The molecular formula is C6H6N4. The van der Waals surface area contributed by atoms with Crippen LogP contribution >= 0.6 is 0 Å². The quantitative estimate of drug-likeness (QED) is 0.522. The number of hydrogen-bond donors (Lipinski definition) is 0. The molecule has 0 radical (unpaired) electrons. The van der Waals surface area contributed by atoms with Gasteiger partial charge in [-0.25, -0.2) is 4.68 Å². The average Bonchev–Trinajstić information content (AvgIpc) is 2.34. The fraction of sp³-hybridized carbons (Fsp3) is 0.167. The first-order chi connectivity index (χ1) is 4.88. The minimum atomic E-state index is 0.822. The van der Waals surface area contributed by atoms with E-state index in [-0.39, 0.29) is 0 Å². The maximum absolute atomic E-state index is 4.01. The Balaban J connectivity index is 2.93. The Morgan fingerprint density at radius 3 is 3.20 bits per heavy atom. The minimum Gasteiger partial charge on any atom is -0.249 e. The SMILES string of the molecule is Cn1ncc2ccnnc21. The van der Waals surface area contributed by atoms with Gasteiger partial charge in [-0.15, -0.1) is 5.10 Å². The number of rotatable bonds is 0. The predicted octanol–water partition coefficient (Wildman–Crippen LogP) is 0.363. The topological polar surface area (TPSA) is 43.6 Å². The molecule has 4 heteroatoms. The third-order valence-electron chi connectivity index (χ3n) is 1.41. The third-order valence-corrected chi connectivity index (χ3v) is 1.41. The van der Waals surface area contributed by atoms with Crippen molar-refractivity contribution < 1.29 is 0 Å². The van der Waals surface area contributed by atoms with Gasteiger partial charge in [0.1, 0.15) is 0 Å². The Bertz CT molecular complexity index is 351. The third kappa shape index (κ3) is 0.586. The Hall–Kier alpha value is -1.45. The van der Waals surface area contributed by atoms with Crippen molar-refractivity contribution in [2.24, 2.45) is 7.05 Å². The van der Waals surface area contributed by atoms with E-state index < -0.39 is 0 Å². The predicted molar refractivity (Wildman–Crippen MR) is 36.3 cm³/mol. The first-order valence-electron chi connectivity index (χ1n) is 2.97. The van der Waals surface area contributed by atoms with Gasteiger partial charge < -0.3 is 0 Å². The average molecular weight is 134 g/mol. The summed E-state index contributed by atoms with van der Waals surface area (Å²) in [5, 5.41) is 12.7. The molecule has 2 aromatic heterocycles. The first-order valence-corrected chi connectivity index (χ1v) is 2.97. The van der Waals surface area contributed by atoms with E-state index >= 15 is 0 Å². The fourth-order valence-electron chi connectivity index (χ4n) is 0.890. The lowest BCUT2D eigenvalue weighted by Crippen LogP contribution is -1.91. The van der Waals surface area contributed by atoms with Crippen molar-refractivity contribution in [2.75, 3.05) is 0 Å². The van der Waals surface area contributed by atoms with Crippen LogP contribution in [-0.4, -0.2) is 20.0 Å². The number of nitrogens with zero attached hydrogens (tertiary/aromatic N) is 4. The van der Waals surface area contributed by atoms with Crippen LogP contribution in [0.4, 0.5) is 0 Å². The largest absolute Gasteiger partial charge is 0.249 e. The summed E-state index contributed by atoms with van der Waals surface area (Å²) in [5.41, 5.74) is 0.822. The van der Waals surface area contributed by atoms with Crippen molar-refractivity contribution in [1.29, 1.82) is 0 Å². The van der Waals surface area contributed by atoms with Crippen LogP contribution in [0.15, 0.2) is 18.5 Å². The highest BCUT2D eigenvalue weighted by molar-refractivity contribution is 5.72. The lowest BCUT2D eigenvalue weighted by atomic mass is 10.4. The highest BCUT2D eigenvalue weighted by Gasteiger charge is 1.96. The molecule has 50 valence electrons. The van der Waals surface area contributed by atoms with Crippen molar-refractivity contribution in [2.45, 2.75) is 0 Å². The lowest BCUT2D eigenvalue weighted by Gasteiger charge is -1.87. The number of aromatic nitrogens is 4. The van der Waals surface area contributed by atoms with E-state index in [4.69, 9.17) is 0 Å². The van der Waals surface area contributed by atoms with Gasteiger partial charge in [-0.3, -0.25) is 0 Å². The Morgan fingerprint density at radius 2 is 2.40 bits per heavy atom. The van der Waals surface area contributed by atoms with E-state index in [1.165, 1.54) is 0 Å². The van der Waals surface area contributed by atoms with Crippen LogP contribution in [0.1, 0.15) is 0 Å². The summed E-state index contributed by atoms with van der Waals surface area (Å²) in [6.45, 7) is 0. The van der Waals surface area contributed by atoms with Gasteiger partial charge in [-0.1, -0.05) is 0 Å². The van der Waals surface area contributed by atoms with Gasteiger partial charge in [0.15, 0.2) is 5.65 Å². The molecule has 2 aromatic rings. The molecule has 0 fully saturated rings. The normalized spacial score (nSPS) is 10.5. The van der Waals surface area contributed by atoms with Crippen LogP contribution in [0, 0.1) is 0 Å². The van der Waals surface area contributed by atoms with Crippen molar-refractivity contribution in [1.82, 2.24) is 20.0 Å². The summed E-state index contributed by atoms with van der Waals surface area (Å²) in [7, 11) is 1.84. The smallest absolute Gasteiger partial charge is 0.180 e. The second-order valence-corrected chi connectivity index (χ2v) is 2.08. The summed E-state index contributed by atoms with van der Waals surface area (Å²) in [6.07, 6.45) is 3.42. The highest BCUT2D eigenvalue weighted by Crippen LogP contribution is 2.05. The monoisotopic (exact) mass is 134 g/mol. The Kier molecular flexibility index (Phi) is 0.943. The van der Waals surface area contributed by atoms with Gasteiger partial charge in [-0.05, 0) is 6.07 Å². The van der Waals surface area contributed by atoms with E-state index in [0.717, 1.165) is 11.0 Å². The van der Waals surface area contributed by atoms with Crippen LogP contribution < -0.4 is 0 Å². The molecule has 0 N–H and O–H groups in total. The first kappa shape index (κ1) is 5.34. The van der Waals surface area contributed by atoms with E-state index in [2.05, 4.69) is 15.3 Å². The van der Waals surface area contributed by atoms with E-state index in [1.54, 1.807) is 17.1 Å². The second-order valence-electron chi connectivity index (χ2n) is 2.08. The van der Waals surface area contributed by atoms with Crippen molar-refractivity contribution in [3.05, 3.63) is 18.5 Å². The van der Waals surface area contributed by atoms with Crippen molar-refractivity contribution >= 4 is 11.0 Å². The van der Waals surface area contributed by atoms with E-state index in [0.29, 0.717) is 0 Å². The van der Waals surface area contributed by atoms with Gasteiger partial charge in [0, 0.05) is 12.4 Å². The lowest BCUT2D eigenvalue weighted by molar-refractivity contribution is 0.777. The summed E-state index contributed by atoms with van der Waals surface area (Å²) in [5.74, 6) is 0. The van der Waals surface area contributed by atoms with Gasteiger partial charge >= 0.3 is 0 Å². The minimum absolute atomic E-state index is 0.822. The highest BCUT2D eigenvalue weighted by atomic mass is 15.3. The summed E-state index contributed by atoms with van der Waals surface area (Å²) >= 11 is 0. The van der Waals surface area contributed by atoms with E-state index in [1.807, 2.05) is 13.1 Å². The Morgan fingerprint density at radius 1 is 1.50 bits per heavy atom. The van der Waals surface area contributed by atoms with Gasteiger partial charge in [0.2, 0.25) is 0 Å². The van der Waals surface area contributed by atoms with Crippen LogP contribution in [-0.2, 0) is 7.05 Å². The molecule has 0 bridgehead atoms. The van der Waals surface area contributed by atoms with Crippen LogP contribution in [0.2, 0.25) is 0 Å². The number of fused-ring (bicyclic) bond motifs is 1. The van der Waals surface area contributed by atoms with Gasteiger partial charge in [0.25, 0.3) is 0 Å². The van der Waals surface area contributed by atoms with E-state index in [9.17, 15) is 0 Å². The molecule has 2 heterocycles. The fourth-order valence-corrected chi connectivity index (χ4v) is 0.890. The summed E-state index contributed by atoms with van der Waals surface area (Å²) in [4.78, 5) is 0. The van der Waals surface area contributed by atoms with Crippen molar-refractivity contribution in [3.63, 3.8) is 0 Å². The molecule has 4 nitrogen and oxygen atoms in total. The maximum atomic E-state index is 4.01. The van der Waals surface area contributed by atoms with Crippen LogP contribution in [0.25, 0.3) is 11.0 Å². The summed E-state index contributed by atoms with van der Waals surface area (Å²) in [6, 6.07) is 1.88. The van der Waals surface area contributed by atoms with Crippen LogP contribution in [0.3, 0.4) is 0 Å². The van der Waals surface area contributed by atoms with Gasteiger partial charge in [0.05, 0.1) is 12.4 Å². The van der Waals surface area contributed by atoms with Crippen molar-refractivity contribution in [3.8, 4) is 0 Å². The van der Waals surface area contributed by atoms with Gasteiger partial charge in [-0.2, -0.15) is 10.2 Å². The molecule has 0 aliphatic carbocycles. The molecule has 0 aromatic carbocycles. The zero-order valence-electron chi connectivity index (χ0n) is 5.52. The molecule has 0 aliphatic rings. The molecule has 0 saturated heterocycles.